The number of nitrogens with zero attached hydrogens (tertiary/aromatic N) is 1. The Morgan fingerprint density at radius 1 is 1.36 bits per heavy atom. The summed E-state index contributed by atoms with van der Waals surface area (Å²) in [6, 6.07) is 7.60. The van der Waals surface area contributed by atoms with Crippen LogP contribution in [-0.2, 0) is 16.1 Å². The number of amides is 2. The van der Waals surface area contributed by atoms with Gasteiger partial charge in [0.05, 0.1) is 0 Å². The number of alkyl halides is 1. The number of nitrogens with one attached hydrogen (secondary N) is 1. The van der Waals surface area contributed by atoms with E-state index in [2.05, 4.69) is 21.2 Å². The van der Waals surface area contributed by atoms with E-state index in [1.807, 2.05) is 45.0 Å². The van der Waals surface area contributed by atoms with Gasteiger partial charge in [0, 0.05) is 30.0 Å². The Bertz CT molecular complexity index is 552. The fraction of sp³-hybridized carbons (Fsp3) is 0.500. The number of hydrogen-bond donors (Lipinski definition) is 1. The second-order valence-electron chi connectivity index (χ2n) is 6.33. The first kappa shape index (κ1) is 16.8. The molecule has 0 aliphatic carbocycles. The van der Waals surface area contributed by atoms with Crippen LogP contribution in [0.3, 0.4) is 0 Å². The van der Waals surface area contributed by atoms with Gasteiger partial charge in [-0.1, -0.05) is 28.1 Å². The van der Waals surface area contributed by atoms with Crippen molar-refractivity contribution in [3.05, 3.63) is 29.8 Å². The van der Waals surface area contributed by atoms with E-state index in [9.17, 15) is 9.59 Å². The molecule has 1 saturated heterocycles. The first-order valence-corrected chi connectivity index (χ1v) is 8.16. The predicted octanol–water partition coefficient (Wildman–Crippen LogP) is 3.21. The van der Waals surface area contributed by atoms with Gasteiger partial charge in [0.2, 0.25) is 5.91 Å². The Labute approximate surface area is 139 Å². The van der Waals surface area contributed by atoms with Crippen LogP contribution < -0.4 is 10.2 Å². The minimum Gasteiger partial charge on any atom is -0.444 e. The molecule has 22 heavy (non-hydrogen) atoms. The maximum atomic E-state index is 11.8. The molecule has 1 aromatic rings. The molecule has 1 unspecified atom stereocenters. The number of halogens is 1. The molecule has 1 atom stereocenters. The number of anilines is 1. The number of carbonyl (C=O) groups is 2. The summed E-state index contributed by atoms with van der Waals surface area (Å²) in [5.74, 6) is 0.126. The van der Waals surface area contributed by atoms with Gasteiger partial charge in [-0.2, -0.15) is 0 Å². The topological polar surface area (TPSA) is 58.6 Å². The van der Waals surface area contributed by atoms with Crippen molar-refractivity contribution in [2.45, 2.75) is 44.2 Å². The third kappa shape index (κ3) is 4.73. The second kappa shape index (κ2) is 6.69. The molecule has 6 heteroatoms. The Balaban J connectivity index is 1.90. The van der Waals surface area contributed by atoms with Crippen LogP contribution in [0.1, 0.15) is 32.8 Å². The molecular formula is C16H21BrN2O3. The van der Waals surface area contributed by atoms with E-state index in [1.165, 1.54) is 0 Å². The van der Waals surface area contributed by atoms with Gasteiger partial charge < -0.3 is 15.0 Å². The van der Waals surface area contributed by atoms with Crippen molar-refractivity contribution in [2.75, 3.05) is 11.4 Å². The molecule has 1 heterocycles. The molecular weight excluding hydrogens is 348 g/mol. The van der Waals surface area contributed by atoms with Gasteiger partial charge in [-0.15, -0.1) is 0 Å². The first-order chi connectivity index (χ1) is 10.2. The minimum absolute atomic E-state index is 0.126. The van der Waals surface area contributed by atoms with Gasteiger partial charge in [0.1, 0.15) is 5.60 Å². The van der Waals surface area contributed by atoms with E-state index < -0.39 is 11.7 Å². The summed E-state index contributed by atoms with van der Waals surface area (Å²) >= 11 is 3.47. The van der Waals surface area contributed by atoms with Gasteiger partial charge in [0.25, 0.3) is 0 Å². The fourth-order valence-corrected chi connectivity index (χ4v) is 2.76. The van der Waals surface area contributed by atoms with Crippen molar-refractivity contribution < 1.29 is 14.3 Å². The molecule has 2 rings (SSSR count). The van der Waals surface area contributed by atoms with Crippen LogP contribution in [0.4, 0.5) is 10.5 Å². The monoisotopic (exact) mass is 368 g/mol. The average molecular weight is 369 g/mol. The number of carbonyl (C=O) groups excluding carboxylic acids is 2. The molecule has 1 aromatic carbocycles. The average Bonchev–Trinajstić information content (AvgIpc) is 2.74. The number of alkyl carbamates (subject to hydrolysis) is 1. The maximum absolute atomic E-state index is 11.8. The summed E-state index contributed by atoms with van der Waals surface area (Å²) in [5.41, 5.74) is 1.33. The zero-order chi connectivity index (χ0) is 16.3. The molecule has 0 bridgehead atoms. The molecule has 120 valence electrons. The zero-order valence-corrected chi connectivity index (χ0v) is 14.6. The standard InChI is InChI=1S/C16H21BrN2O3/c1-16(2,3)22-15(21)18-9-11-4-6-13(7-5-11)19-10-12(17)8-14(19)20/h4-7,12H,8-10H2,1-3H3,(H,18,21). The smallest absolute Gasteiger partial charge is 0.407 e. The van der Waals surface area contributed by atoms with Crippen LogP contribution in [0, 0.1) is 0 Å². The summed E-state index contributed by atoms with van der Waals surface area (Å²) in [6.07, 6.45) is 0.0931. The molecule has 0 saturated carbocycles. The number of hydrogen-bond acceptors (Lipinski definition) is 3. The van der Waals surface area contributed by atoms with Crippen molar-refractivity contribution in [3.8, 4) is 0 Å². The summed E-state index contributed by atoms with van der Waals surface area (Å²) < 4.78 is 5.18. The molecule has 5 nitrogen and oxygen atoms in total. The molecule has 1 fully saturated rings. The fourth-order valence-electron chi connectivity index (χ4n) is 2.20. The lowest BCUT2D eigenvalue weighted by molar-refractivity contribution is -0.117. The van der Waals surface area contributed by atoms with Gasteiger partial charge in [-0.25, -0.2) is 4.79 Å². The van der Waals surface area contributed by atoms with Crippen LogP contribution in [0.5, 0.6) is 0 Å². The summed E-state index contributed by atoms with van der Waals surface area (Å²) in [6.45, 7) is 6.56. The lowest BCUT2D eigenvalue weighted by Gasteiger charge is -2.20. The van der Waals surface area contributed by atoms with Crippen molar-refractivity contribution in [1.82, 2.24) is 5.32 Å². The summed E-state index contributed by atoms with van der Waals surface area (Å²) in [4.78, 5) is 25.4. The van der Waals surface area contributed by atoms with Crippen LogP contribution in [0.25, 0.3) is 0 Å². The number of ether oxygens (including phenoxy) is 1. The highest BCUT2D eigenvalue weighted by Crippen LogP contribution is 2.25. The molecule has 0 aromatic heterocycles. The second-order valence-corrected chi connectivity index (χ2v) is 7.62. The summed E-state index contributed by atoms with van der Waals surface area (Å²) in [7, 11) is 0. The number of benzene rings is 1. The van der Waals surface area contributed by atoms with Crippen molar-refractivity contribution in [1.29, 1.82) is 0 Å². The van der Waals surface area contributed by atoms with E-state index in [4.69, 9.17) is 4.74 Å². The highest BCUT2D eigenvalue weighted by molar-refractivity contribution is 9.09. The van der Waals surface area contributed by atoms with Crippen LogP contribution in [0.15, 0.2) is 24.3 Å². The largest absolute Gasteiger partial charge is 0.444 e. The van der Waals surface area contributed by atoms with E-state index in [0.29, 0.717) is 19.5 Å². The van der Waals surface area contributed by atoms with E-state index in [1.54, 1.807) is 4.90 Å². The van der Waals surface area contributed by atoms with Crippen LogP contribution in [-0.4, -0.2) is 29.0 Å². The van der Waals surface area contributed by atoms with Crippen molar-refractivity contribution in [2.24, 2.45) is 0 Å². The highest BCUT2D eigenvalue weighted by atomic mass is 79.9. The Morgan fingerprint density at radius 3 is 2.50 bits per heavy atom. The van der Waals surface area contributed by atoms with Gasteiger partial charge in [-0.3, -0.25) is 4.79 Å². The lowest BCUT2D eigenvalue weighted by Crippen LogP contribution is -2.32. The third-order valence-corrected chi connectivity index (χ3v) is 3.77. The minimum atomic E-state index is -0.504. The van der Waals surface area contributed by atoms with Crippen LogP contribution in [0.2, 0.25) is 0 Å². The quantitative estimate of drug-likeness (QED) is 0.833. The SMILES string of the molecule is CC(C)(C)OC(=O)NCc1ccc(N2CC(Br)CC2=O)cc1. The van der Waals surface area contributed by atoms with Gasteiger partial charge in [-0.05, 0) is 38.5 Å². The normalized spacial score (nSPS) is 18.5. The summed E-state index contributed by atoms with van der Waals surface area (Å²) in [5, 5.41) is 2.71. The lowest BCUT2D eigenvalue weighted by atomic mass is 10.2. The number of rotatable bonds is 3. The third-order valence-electron chi connectivity index (χ3n) is 3.16. The van der Waals surface area contributed by atoms with Gasteiger partial charge >= 0.3 is 6.09 Å². The molecule has 1 aliphatic rings. The molecule has 1 aliphatic heterocycles. The van der Waals surface area contributed by atoms with E-state index >= 15 is 0 Å². The van der Waals surface area contributed by atoms with E-state index in [-0.39, 0.29) is 10.7 Å². The van der Waals surface area contributed by atoms with Crippen molar-refractivity contribution >= 4 is 33.6 Å². The Hall–Kier alpha value is -1.56. The Morgan fingerprint density at radius 2 is 2.00 bits per heavy atom. The molecule has 2 amide bonds. The van der Waals surface area contributed by atoms with Crippen molar-refractivity contribution in [3.63, 3.8) is 0 Å². The van der Waals surface area contributed by atoms with Gasteiger partial charge in [0.15, 0.2) is 0 Å². The highest BCUT2D eigenvalue weighted by Gasteiger charge is 2.28. The van der Waals surface area contributed by atoms with E-state index in [0.717, 1.165) is 11.3 Å². The maximum Gasteiger partial charge on any atom is 0.407 e. The zero-order valence-electron chi connectivity index (χ0n) is 13.1. The van der Waals surface area contributed by atoms with Crippen LogP contribution >= 0.6 is 15.9 Å². The molecule has 1 N–H and O–H groups in total. The first-order valence-electron chi connectivity index (χ1n) is 7.25. The molecule has 0 radical (unpaired) electrons. The molecule has 0 spiro atoms. The Kier molecular flexibility index (Phi) is 5.11. The predicted molar refractivity (Wildman–Crippen MR) is 89.2 cm³/mol.